The Morgan fingerprint density at radius 1 is 1.34 bits per heavy atom. The number of hydrogen-bond donors (Lipinski definition) is 1. The molecular formula is C19H22N4O6. The number of aromatic nitrogens is 4. The van der Waals surface area contributed by atoms with E-state index >= 15 is 0 Å². The average Bonchev–Trinajstić information content (AvgIpc) is 3.37. The van der Waals surface area contributed by atoms with Crippen molar-refractivity contribution in [3.05, 3.63) is 41.7 Å². The molecule has 3 rings (SSSR count). The zero-order valence-electron chi connectivity index (χ0n) is 16.2. The van der Waals surface area contributed by atoms with Crippen LogP contribution in [0.15, 0.2) is 30.6 Å². The number of carbonyl (C=O) groups is 2. The smallest absolute Gasteiger partial charge is 0.341 e. The highest BCUT2D eigenvalue weighted by molar-refractivity contribution is 5.88. The number of hydrogen-bond acceptors (Lipinski definition) is 8. The van der Waals surface area contributed by atoms with Crippen LogP contribution in [0.4, 0.5) is 0 Å². The number of imidazole rings is 1. The van der Waals surface area contributed by atoms with Gasteiger partial charge in [0.1, 0.15) is 6.10 Å². The van der Waals surface area contributed by atoms with E-state index in [2.05, 4.69) is 15.1 Å². The number of benzene rings is 1. The standard InChI is InChI=1S/C19H22N4O6/c1-3-28-18(25)14-9-20-23(10-14)19-21-15-5-4-13(8-16(15)22-19)17(29-12-24)11-27-7-6-26-2/h4-5,8-10,12,17H,3,6-7,11H2,1-2H3,(H,21,22). The van der Waals surface area contributed by atoms with Crippen LogP contribution >= 0.6 is 0 Å². The van der Waals surface area contributed by atoms with Gasteiger partial charge in [-0.3, -0.25) is 4.79 Å². The first kappa shape index (κ1) is 20.5. The third kappa shape index (κ3) is 4.98. The summed E-state index contributed by atoms with van der Waals surface area (Å²) in [7, 11) is 1.59. The maximum Gasteiger partial charge on any atom is 0.341 e. The summed E-state index contributed by atoms with van der Waals surface area (Å²) in [6.45, 7) is 3.48. The Bertz CT molecular complexity index is 967. The average molecular weight is 402 g/mol. The molecule has 10 nitrogen and oxygen atoms in total. The predicted molar refractivity (Wildman–Crippen MR) is 102 cm³/mol. The van der Waals surface area contributed by atoms with Gasteiger partial charge in [-0.25, -0.2) is 14.5 Å². The minimum absolute atomic E-state index is 0.205. The number of nitrogens with one attached hydrogen (secondary N) is 1. The molecule has 10 heteroatoms. The number of carbonyl (C=O) groups excluding carboxylic acids is 2. The van der Waals surface area contributed by atoms with E-state index in [1.54, 1.807) is 26.3 Å². The molecule has 0 amide bonds. The Kier molecular flexibility index (Phi) is 6.93. The molecule has 1 atom stereocenters. The highest BCUT2D eigenvalue weighted by Crippen LogP contribution is 2.23. The van der Waals surface area contributed by atoms with E-state index in [1.165, 1.54) is 10.9 Å². The van der Waals surface area contributed by atoms with Crippen LogP contribution in [-0.2, 0) is 23.7 Å². The lowest BCUT2D eigenvalue weighted by Gasteiger charge is -2.15. The summed E-state index contributed by atoms with van der Waals surface area (Å²) >= 11 is 0. The molecule has 0 saturated carbocycles. The number of aromatic amines is 1. The maximum absolute atomic E-state index is 11.8. The van der Waals surface area contributed by atoms with E-state index in [4.69, 9.17) is 18.9 Å². The summed E-state index contributed by atoms with van der Waals surface area (Å²) in [5, 5.41) is 4.15. The first-order valence-electron chi connectivity index (χ1n) is 9.03. The van der Waals surface area contributed by atoms with Crippen LogP contribution in [0.2, 0.25) is 0 Å². The van der Waals surface area contributed by atoms with Crippen molar-refractivity contribution in [2.24, 2.45) is 0 Å². The largest absolute Gasteiger partial charge is 0.462 e. The molecule has 29 heavy (non-hydrogen) atoms. The molecule has 0 saturated heterocycles. The van der Waals surface area contributed by atoms with Gasteiger partial charge >= 0.3 is 5.97 Å². The van der Waals surface area contributed by atoms with Gasteiger partial charge < -0.3 is 23.9 Å². The lowest BCUT2D eigenvalue weighted by Crippen LogP contribution is -2.13. The first-order valence-corrected chi connectivity index (χ1v) is 9.03. The molecule has 0 aliphatic carbocycles. The van der Waals surface area contributed by atoms with Crippen LogP contribution in [-0.4, -0.2) is 65.7 Å². The number of rotatable bonds is 11. The van der Waals surface area contributed by atoms with Crippen LogP contribution in [0.1, 0.15) is 28.9 Å². The number of nitrogens with zero attached hydrogens (tertiary/aromatic N) is 3. The van der Waals surface area contributed by atoms with E-state index in [0.717, 1.165) is 11.1 Å². The van der Waals surface area contributed by atoms with Gasteiger partial charge in [-0.1, -0.05) is 6.07 Å². The highest BCUT2D eigenvalue weighted by Gasteiger charge is 2.16. The SMILES string of the molecule is CCOC(=O)c1cnn(-c2nc3ccc(C(COCCOC)OC=O)cc3[nH]2)c1. The highest BCUT2D eigenvalue weighted by atomic mass is 16.6. The number of fused-ring (bicyclic) bond motifs is 1. The number of methoxy groups -OCH3 is 1. The van der Waals surface area contributed by atoms with E-state index in [1.807, 2.05) is 12.1 Å². The molecule has 2 aromatic heterocycles. The monoisotopic (exact) mass is 402 g/mol. The Hall–Kier alpha value is -3.24. The van der Waals surface area contributed by atoms with Crippen LogP contribution in [0.5, 0.6) is 0 Å². The minimum atomic E-state index is -0.555. The third-order valence-corrected chi connectivity index (χ3v) is 4.10. The van der Waals surface area contributed by atoms with Gasteiger partial charge in [0.05, 0.1) is 49.2 Å². The quantitative estimate of drug-likeness (QED) is 0.293. The fraction of sp³-hybridized carbons (Fsp3) is 0.368. The summed E-state index contributed by atoms with van der Waals surface area (Å²) < 4.78 is 22.0. The van der Waals surface area contributed by atoms with Crippen molar-refractivity contribution < 1.29 is 28.5 Å². The molecule has 0 bridgehead atoms. The van der Waals surface area contributed by atoms with Crippen LogP contribution in [0.25, 0.3) is 17.0 Å². The van der Waals surface area contributed by atoms with Gasteiger partial charge in [0.2, 0.25) is 5.95 Å². The van der Waals surface area contributed by atoms with Crippen molar-refractivity contribution in [2.45, 2.75) is 13.0 Å². The fourth-order valence-corrected chi connectivity index (χ4v) is 2.69. The lowest BCUT2D eigenvalue weighted by molar-refractivity contribution is -0.137. The molecular weight excluding hydrogens is 380 g/mol. The summed E-state index contributed by atoms with van der Waals surface area (Å²) in [5.74, 6) is -0.00336. The molecule has 0 radical (unpaired) electrons. The molecule has 0 aliphatic heterocycles. The third-order valence-electron chi connectivity index (χ3n) is 4.10. The van der Waals surface area contributed by atoms with Gasteiger partial charge in [0.25, 0.3) is 6.47 Å². The number of ether oxygens (including phenoxy) is 4. The van der Waals surface area contributed by atoms with Crippen LogP contribution in [0, 0.1) is 0 Å². The molecule has 0 fully saturated rings. The summed E-state index contributed by atoms with van der Waals surface area (Å²) in [5.41, 5.74) is 2.51. The molecule has 0 aliphatic rings. The molecule has 1 unspecified atom stereocenters. The Morgan fingerprint density at radius 3 is 2.97 bits per heavy atom. The second-order valence-corrected chi connectivity index (χ2v) is 6.02. The van der Waals surface area contributed by atoms with Crippen molar-refractivity contribution in [2.75, 3.05) is 33.5 Å². The topological polar surface area (TPSA) is 118 Å². The zero-order chi connectivity index (χ0) is 20.6. The molecule has 2 heterocycles. The molecule has 0 spiro atoms. The van der Waals surface area contributed by atoms with Crippen molar-refractivity contribution in [3.63, 3.8) is 0 Å². The Labute approximate surface area is 166 Å². The van der Waals surface area contributed by atoms with Gasteiger partial charge in [-0.15, -0.1) is 0 Å². The summed E-state index contributed by atoms with van der Waals surface area (Å²) in [6.07, 6.45) is 2.40. The van der Waals surface area contributed by atoms with Crippen molar-refractivity contribution in [3.8, 4) is 5.95 Å². The molecule has 1 aromatic carbocycles. The number of esters is 1. The van der Waals surface area contributed by atoms with Crippen molar-refractivity contribution >= 4 is 23.5 Å². The first-order chi connectivity index (χ1) is 14.2. The predicted octanol–water partition coefficient (Wildman–Crippen LogP) is 1.80. The Balaban J connectivity index is 1.80. The fourth-order valence-electron chi connectivity index (χ4n) is 2.69. The second kappa shape index (κ2) is 9.80. The van der Waals surface area contributed by atoms with E-state index < -0.39 is 12.1 Å². The van der Waals surface area contributed by atoms with Gasteiger partial charge in [0.15, 0.2) is 0 Å². The minimum Gasteiger partial charge on any atom is -0.462 e. The molecule has 3 aromatic rings. The van der Waals surface area contributed by atoms with E-state index in [0.29, 0.717) is 36.7 Å². The maximum atomic E-state index is 11.8. The van der Waals surface area contributed by atoms with Crippen molar-refractivity contribution in [1.82, 2.24) is 19.7 Å². The summed E-state index contributed by atoms with van der Waals surface area (Å²) in [4.78, 5) is 30.3. The summed E-state index contributed by atoms with van der Waals surface area (Å²) in [6, 6.07) is 5.44. The zero-order valence-corrected chi connectivity index (χ0v) is 16.2. The van der Waals surface area contributed by atoms with Crippen molar-refractivity contribution in [1.29, 1.82) is 0 Å². The van der Waals surface area contributed by atoms with Crippen LogP contribution in [0.3, 0.4) is 0 Å². The second-order valence-electron chi connectivity index (χ2n) is 6.02. The van der Waals surface area contributed by atoms with E-state index in [-0.39, 0.29) is 13.2 Å². The normalized spacial score (nSPS) is 12.1. The lowest BCUT2D eigenvalue weighted by atomic mass is 10.1. The van der Waals surface area contributed by atoms with Gasteiger partial charge in [-0.05, 0) is 24.6 Å². The molecule has 154 valence electrons. The van der Waals surface area contributed by atoms with Gasteiger partial charge in [-0.2, -0.15) is 5.10 Å². The van der Waals surface area contributed by atoms with Crippen LogP contribution < -0.4 is 0 Å². The van der Waals surface area contributed by atoms with Gasteiger partial charge in [0, 0.05) is 13.3 Å². The molecule has 1 N–H and O–H groups in total. The van der Waals surface area contributed by atoms with E-state index in [9.17, 15) is 9.59 Å². The number of H-pyrrole nitrogens is 1. The Morgan fingerprint density at radius 2 is 2.21 bits per heavy atom.